The minimum atomic E-state index is -0.477. The highest BCUT2D eigenvalue weighted by molar-refractivity contribution is 7.22. The van der Waals surface area contributed by atoms with Crippen LogP contribution in [0.2, 0.25) is 0 Å². The van der Waals surface area contributed by atoms with Gasteiger partial charge in [-0.2, -0.15) is 0 Å². The second-order valence-electron chi connectivity index (χ2n) is 9.62. The smallest absolute Gasteiger partial charge is 0.407 e. The first-order chi connectivity index (χ1) is 15.7. The number of carbonyl (C=O) groups excluding carboxylic acids is 1. The Balaban J connectivity index is 1.34. The molecule has 33 heavy (non-hydrogen) atoms. The molecule has 3 rings (SSSR count). The van der Waals surface area contributed by atoms with Gasteiger partial charge in [-0.05, 0) is 75.9 Å². The van der Waals surface area contributed by atoms with E-state index in [0.29, 0.717) is 6.54 Å². The SMILES string of the molecule is CN(CCCc1ccc(CNC(=O)OC(C)(C)C)cc1)CCN(C)c1cc2ccccc2s1. The Morgan fingerprint density at radius 2 is 1.67 bits per heavy atom. The Labute approximate surface area is 202 Å². The summed E-state index contributed by atoms with van der Waals surface area (Å²) >= 11 is 1.86. The molecule has 0 bridgehead atoms. The monoisotopic (exact) mass is 467 g/mol. The van der Waals surface area contributed by atoms with Crippen molar-refractivity contribution in [3.63, 3.8) is 0 Å². The largest absolute Gasteiger partial charge is 0.444 e. The van der Waals surface area contributed by atoms with Gasteiger partial charge in [0, 0.05) is 31.4 Å². The van der Waals surface area contributed by atoms with Gasteiger partial charge in [0.25, 0.3) is 0 Å². The van der Waals surface area contributed by atoms with E-state index in [1.165, 1.54) is 20.7 Å². The van der Waals surface area contributed by atoms with Crippen molar-refractivity contribution >= 4 is 32.5 Å². The van der Waals surface area contributed by atoms with Crippen molar-refractivity contribution in [2.24, 2.45) is 0 Å². The number of carbonyl (C=O) groups is 1. The third-order valence-corrected chi connectivity index (χ3v) is 6.70. The predicted octanol–water partition coefficient (Wildman–Crippen LogP) is 5.93. The third-order valence-electron chi connectivity index (χ3n) is 5.47. The molecule has 1 heterocycles. The maximum absolute atomic E-state index is 11.8. The molecule has 0 atom stereocenters. The van der Waals surface area contributed by atoms with E-state index in [1.54, 1.807) is 0 Å². The van der Waals surface area contributed by atoms with Crippen LogP contribution in [-0.2, 0) is 17.7 Å². The van der Waals surface area contributed by atoms with Gasteiger partial charge in [0.05, 0.1) is 5.00 Å². The lowest BCUT2D eigenvalue weighted by Gasteiger charge is -2.22. The molecule has 2 aromatic carbocycles. The highest BCUT2D eigenvalue weighted by atomic mass is 32.1. The number of hydrogen-bond donors (Lipinski definition) is 1. The molecule has 5 nitrogen and oxygen atoms in total. The maximum atomic E-state index is 11.8. The standard InChI is InChI=1S/C27H37N3O2S/c1-27(2,3)32-26(31)28-20-22-14-12-21(13-15-22)9-8-16-29(4)17-18-30(5)25-19-23-10-6-7-11-24(23)33-25/h6-7,10-15,19H,8-9,16-18,20H2,1-5H3,(H,28,31). The van der Waals surface area contributed by atoms with E-state index in [1.807, 2.05) is 32.1 Å². The van der Waals surface area contributed by atoms with Gasteiger partial charge < -0.3 is 19.9 Å². The number of nitrogens with zero attached hydrogens (tertiary/aromatic N) is 2. The van der Waals surface area contributed by atoms with Gasteiger partial charge in [-0.3, -0.25) is 0 Å². The minimum Gasteiger partial charge on any atom is -0.444 e. The zero-order chi connectivity index (χ0) is 23.8. The number of anilines is 1. The van der Waals surface area contributed by atoms with Crippen LogP contribution < -0.4 is 10.2 Å². The highest BCUT2D eigenvalue weighted by Crippen LogP contribution is 2.31. The third kappa shape index (κ3) is 8.37. The van der Waals surface area contributed by atoms with Gasteiger partial charge in [-0.15, -0.1) is 11.3 Å². The number of ether oxygens (including phenoxy) is 1. The van der Waals surface area contributed by atoms with Crippen molar-refractivity contribution in [2.75, 3.05) is 38.6 Å². The second kappa shape index (κ2) is 11.5. The molecule has 0 aliphatic rings. The molecule has 6 heteroatoms. The molecule has 3 aromatic rings. The van der Waals surface area contributed by atoms with Gasteiger partial charge in [0.2, 0.25) is 0 Å². The van der Waals surface area contributed by atoms with Crippen LogP contribution in [0.4, 0.5) is 9.80 Å². The Hall–Kier alpha value is -2.57. The molecule has 0 saturated carbocycles. The number of thiophene rings is 1. The Bertz CT molecular complexity index is 991. The number of aryl methyl sites for hydroxylation is 1. The van der Waals surface area contributed by atoms with Crippen LogP contribution in [0.15, 0.2) is 54.6 Å². The van der Waals surface area contributed by atoms with Gasteiger partial charge in [0.15, 0.2) is 0 Å². The van der Waals surface area contributed by atoms with E-state index in [2.05, 4.69) is 83.8 Å². The van der Waals surface area contributed by atoms with E-state index in [-0.39, 0.29) is 6.09 Å². The van der Waals surface area contributed by atoms with E-state index in [9.17, 15) is 4.79 Å². The molecule has 0 radical (unpaired) electrons. The number of benzene rings is 2. The van der Waals surface area contributed by atoms with Crippen molar-refractivity contribution in [3.05, 3.63) is 65.7 Å². The second-order valence-corrected chi connectivity index (χ2v) is 10.7. The fraction of sp³-hybridized carbons (Fsp3) is 0.444. The van der Waals surface area contributed by atoms with Gasteiger partial charge in [-0.25, -0.2) is 4.79 Å². The van der Waals surface area contributed by atoms with Gasteiger partial charge in [0.1, 0.15) is 5.60 Å². The number of alkyl carbamates (subject to hydrolysis) is 1. The number of nitrogens with one attached hydrogen (secondary N) is 1. The molecule has 0 aliphatic carbocycles. The molecule has 0 saturated heterocycles. The van der Waals surface area contributed by atoms with Gasteiger partial charge >= 0.3 is 6.09 Å². The number of likely N-dealkylation sites (N-methyl/N-ethyl adjacent to an activating group) is 2. The van der Waals surface area contributed by atoms with E-state index < -0.39 is 5.60 Å². The predicted molar refractivity (Wildman–Crippen MR) is 140 cm³/mol. The topological polar surface area (TPSA) is 44.8 Å². The number of amides is 1. The van der Waals surface area contributed by atoms with Crippen LogP contribution in [0.1, 0.15) is 38.3 Å². The van der Waals surface area contributed by atoms with Crippen LogP contribution in [-0.4, -0.2) is 50.3 Å². The zero-order valence-electron chi connectivity index (χ0n) is 20.6. The van der Waals surface area contributed by atoms with Crippen molar-refractivity contribution in [3.8, 4) is 0 Å². The molecule has 1 aromatic heterocycles. The van der Waals surface area contributed by atoms with Crippen molar-refractivity contribution in [1.82, 2.24) is 10.2 Å². The van der Waals surface area contributed by atoms with Crippen LogP contribution >= 0.6 is 11.3 Å². The van der Waals surface area contributed by atoms with E-state index in [0.717, 1.165) is 38.0 Å². The molecule has 0 fully saturated rings. The molecule has 178 valence electrons. The molecule has 1 N–H and O–H groups in total. The van der Waals surface area contributed by atoms with Crippen LogP contribution in [0, 0.1) is 0 Å². The molecule has 0 aliphatic heterocycles. The molecule has 0 spiro atoms. The van der Waals surface area contributed by atoms with Crippen LogP contribution in [0.25, 0.3) is 10.1 Å². The summed E-state index contributed by atoms with van der Waals surface area (Å²) in [6, 6.07) is 19.3. The Kier molecular flexibility index (Phi) is 8.75. The number of rotatable bonds is 10. The summed E-state index contributed by atoms with van der Waals surface area (Å²) < 4.78 is 6.62. The fourth-order valence-electron chi connectivity index (χ4n) is 3.56. The highest BCUT2D eigenvalue weighted by Gasteiger charge is 2.15. The lowest BCUT2D eigenvalue weighted by atomic mass is 10.1. The normalized spacial score (nSPS) is 11.7. The quantitative estimate of drug-likeness (QED) is 0.402. The lowest BCUT2D eigenvalue weighted by Crippen LogP contribution is -2.32. The van der Waals surface area contributed by atoms with Crippen LogP contribution in [0.3, 0.4) is 0 Å². The maximum Gasteiger partial charge on any atom is 0.407 e. The number of fused-ring (bicyclic) bond motifs is 1. The average Bonchev–Trinajstić information content (AvgIpc) is 3.20. The van der Waals surface area contributed by atoms with Crippen LogP contribution in [0.5, 0.6) is 0 Å². The summed E-state index contributed by atoms with van der Waals surface area (Å²) in [6.45, 7) is 9.20. The summed E-state index contributed by atoms with van der Waals surface area (Å²) in [6.07, 6.45) is 1.79. The number of hydrogen-bond acceptors (Lipinski definition) is 5. The average molecular weight is 468 g/mol. The Morgan fingerprint density at radius 3 is 2.36 bits per heavy atom. The lowest BCUT2D eigenvalue weighted by molar-refractivity contribution is 0.0523. The molecule has 1 amide bonds. The first-order valence-electron chi connectivity index (χ1n) is 11.6. The fourth-order valence-corrected chi connectivity index (χ4v) is 4.61. The first-order valence-corrected chi connectivity index (χ1v) is 12.4. The summed E-state index contributed by atoms with van der Waals surface area (Å²) in [5, 5.41) is 5.45. The first kappa shape index (κ1) is 25.1. The summed E-state index contributed by atoms with van der Waals surface area (Å²) in [5.41, 5.74) is 1.92. The Morgan fingerprint density at radius 1 is 0.970 bits per heavy atom. The molecule has 0 unspecified atom stereocenters. The van der Waals surface area contributed by atoms with E-state index >= 15 is 0 Å². The molecular formula is C27H37N3O2S. The zero-order valence-corrected chi connectivity index (χ0v) is 21.4. The van der Waals surface area contributed by atoms with E-state index in [4.69, 9.17) is 4.74 Å². The minimum absolute atomic E-state index is 0.382. The summed E-state index contributed by atoms with van der Waals surface area (Å²) in [7, 11) is 4.38. The van der Waals surface area contributed by atoms with Gasteiger partial charge in [-0.1, -0.05) is 42.5 Å². The van der Waals surface area contributed by atoms with Crippen molar-refractivity contribution < 1.29 is 9.53 Å². The van der Waals surface area contributed by atoms with Crippen molar-refractivity contribution in [2.45, 2.75) is 45.8 Å². The van der Waals surface area contributed by atoms with Crippen molar-refractivity contribution in [1.29, 1.82) is 0 Å². The summed E-state index contributed by atoms with van der Waals surface area (Å²) in [4.78, 5) is 16.5. The molecular weight excluding hydrogens is 430 g/mol. The summed E-state index contributed by atoms with van der Waals surface area (Å²) in [5.74, 6) is 0.